The molecule has 0 atom stereocenters. The van der Waals surface area contributed by atoms with Gasteiger partial charge in [-0.05, 0) is 37.1 Å². The number of nitrogen functional groups attached to an aromatic ring is 1. The fourth-order valence-electron chi connectivity index (χ4n) is 2.89. The van der Waals surface area contributed by atoms with Gasteiger partial charge in [0.2, 0.25) is 5.91 Å². The topological polar surface area (TPSA) is 72.1 Å². The number of amides is 1. The average molecular weight is 296 g/mol. The molecule has 114 valence electrons. The Morgan fingerprint density at radius 3 is 2.64 bits per heavy atom. The van der Waals surface area contributed by atoms with Crippen molar-refractivity contribution in [2.24, 2.45) is 0 Å². The number of nitrogens with two attached hydrogens (primary N) is 1. The van der Waals surface area contributed by atoms with E-state index < -0.39 is 0 Å². The van der Waals surface area contributed by atoms with E-state index >= 15 is 0 Å². The van der Waals surface area contributed by atoms with Crippen LogP contribution >= 0.6 is 0 Å². The monoisotopic (exact) mass is 296 g/mol. The quantitative estimate of drug-likeness (QED) is 0.924. The molecule has 1 aliphatic heterocycles. The summed E-state index contributed by atoms with van der Waals surface area (Å²) >= 11 is 0. The van der Waals surface area contributed by atoms with Gasteiger partial charge in [-0.3, -0.25) is 9.78 Å². The number of likely N-dealkylation sites (tertiary alicyclic amines) is 1. The number of carbonyl (C=O) groups excluding carboxylic acids is 1. The fraction of sp³-hybridized carbons (Fsp3) is 0.353. The molecule has 2 N–H and O–H groups in total. The lowest BCUT2D eigenvalue weighted by atomic mass is 9.92. The first kappa shape index (κ1) is 14.5. The average Bonchev–Trinajstić information content (AvgIpc) is 2.56. The number of anilines is 1. The van der Waals surface area contributed by atoms with Crippen molar-refractivity contribution < 1.29 is 4.79 Å². The highest BCUT2D eigenvalue weighted by molar-refractivity contribution is 5.73. The third-order valence-electron chi connectivity index (χ3n) is 4.21. The Balaban J connectivity index is 1.77. The van der Waals surface area contributed by atoms with Gasteiger partial charge in [0.1, 0.15) is 5.82 Å². The lowest BCUT2D eigenvalue weighted by Crippen LogP contribution is -2.36. The third kappa shape index (κ3) is 3.08. The lowest BCUT2D eigenvalue weighted by molar-refractivity contribution is -0.129. The predicted octanol–water partition coefficient (Wildman–Crippen LogP) is 2.45. The normalized spacial score (nSPS) is 15.8. The van der Waals surface area contributed by atoms with Crippen LogP contribution in [-0.2, 0) is 4.79 Å². The highest BCUT2D eigenvalue weighted by Crippen LogP contribution is 2.28. The molecule has 1 saturated heterocycles. The highest BCUT2D eigenvalue weighted by atomic mass is 16.2. The highest BCUT2D eigenvalue weighted by Gasteiger charge is 2.23. The zero-order chi connectivity index (χ0) is 15.5. The Hall–Kier alpha value is -2.43. The summed E-state index contributed by atoms with van der Waals surface area (Å²) in [6, 6.07) is 9.82. The number of piperidine rings is 1. The zero-order valence-corrected chi connectivity index (χ0v) is 12.7. The molecule has 0 spiro atoms. The molecule has 1 aliphatic rings. The number of carbonyl (C=O) groups is 1. The van der Waals surface area contributed by atoms with Crippen molar-refractivity contribution in [3.05, 3.63) is 42.2 Å². The van der Waals surface area contributed by atoms with Gasteiger partial charge in [-0.2, -0.15) is 0 Å². The first-order chi connectivity index (χ1) is 10.6. The van der Waals surface area contributed by atoms with Crippen molar-refractivity contribution in [2.45, 2.75) is 25.7 Å². The summed E-state index contributed by atoms with van der Waals surface area (Å²) in [6.07, 6.45) is 3.69. The Bertz CT molecular complexity index is 661. The first-order valence-corrected chi connectivity index (χ1v) is 7.58. The van der Waals surface area contributed by atoms with Gasteiger partial charge >= 0.3 is 0 Å². The maximum Gasteiger partial charge on any atom is 0.219 e. The van der Waals surface area contributed by atoms with Crippen LogP contribution in [0.4, 0.5) is 5.82 Å². The van der Waals surface area contributed by atoms with Gasteiger partial charge in [-0.1, -0.05) is 6.07 Å². The minimum Gasteiger partial charge on any atom is -0.384 e. The molecule has 5 nitrogen and oxygen atoms in total. The number of rotatable bonds is 2. The minimum atomic E-state index is 0.160. The molecule has 3 rings (SSSR count). The largest absolute Gasteiger partial charge is 0.384 e. The van der Waals surface area contributed by atoms with Crippen LogP contribution in [-0.4, -0.2) is 33.9 Å². The fourth-order valence-corrected chi connectivity index (χ4v) is 2.89. The summed E-state index contributed by atoms with van der Waals surface area (Å²) < 4.78 is 0. The van der Waals surface area contributed by atoms with Crippen LogP contribution in [0.2, 0.25) is 0 Å². The van der Waals surface area contributed by atoms with Crippen LogP contribution in [0.15, 0.2) is 36.5 Å². The minimum absolute atomic E-state index is 0.160. The third-order valence-corrected chi connectivity index (χ3v) is 4.21. The molecule has 3 heterocycles. The molecule has 0 saturated carbocycles. The van der Waals surface area contributed by atoms with Crippen LogP contribution in [0.5, 0.6) is 0 Å². The number of pyridine rings is 2. The molecule has 2 aromatic heterocycles. The van der Waals surface area contributed by atoms with Gasteiger partial charge in [0.15, 0.2) is 0 Å². The van der Waals surface area contributed by atoms with E-state index in [1.165, 1.54) is 0 Å². The Morgan fingerprint density at radius 2 is 2.00 bits per heavy atom. The summed E-state index contributed by atoms with van der Waals surface area (Å²) in [6.45, 7) is 3.26. The summed E-state index contributed by atoms with van der Waals surface area (Å²) in [5.74, 6) is 1.09. The Morgan fingerprint density at radius 1 is 1.23 bits per heavy atom. The second kappa shape index (κ2) is 6.13. The van der Waals surface area contributed by atoms with E-state index in [-0.39, 0.29) is 5.91 Å². The predicted molar refractivity (Wildman–Crippen MR) is 86.1 cm³/mol. The van der Waals surface area contributed by atoms with E-state index in [1.807, 2.05) is 23.1 Å². The Kier molecular flexibility index (Phi) is 4.04. The van der Waals surface area contributed by atoms with Crippen molar-refractivity contribution in [1.29, 1.82) is 0 Å². The van der Waals surface area contributed by atoms with Gasteiger partial charge in [0, 0.05) is 43.4 Å². The number of hydrogen-bond acceptors (Lipinski definition) is 4. The van der Waals surface area contributed by atoms with E-state index in [9.17, 15) is 4.79 Å². The molecule has 2 aromatic rings. The number of nitrogens with zero attached hydrogens (tertiary/aromatic N) is 3. The van der Waals surface area contributed by atoms with Crippen molar-refractivity contribution in [2.75, 3.05) is 18.8 Å². The van der Waals surface area contributed by atoms with Crippen molar-refractivity contribution >= 4 is 11.7 Å². The molecular weight excluding hydrogens is 276 g/mol. The SMILES string of the molecule is CC(=O)N1CCC(c2cccc(-c3ccc(N)nc3)n2)CC1. The first-order valence-electron chi connectivity index (χ1n) is 7.58. The van der Waals surface area contributed by atoms with Crippen molar-refractivity contribution in [3.63, 3.8) is 0 Å². The molecule has 0 unspecified atom stereocenters. The summed E-state index contributed by atoms with van der Waals surface area (Å²) in [7, 11) is 0. The second-order valence-corrected chi connectivity index (χ2v) is 5.70. The van der Waals surface area contributed by atoms with E-state index in [0.29, 0.717) is 11.7 Å². The molecule has 1 amide bonds. The van der Waals surface area contributed by atoms with E-state index in [1.54, 1.807) is 19.2 Å². The molecule has 1 fully saturated rings. The molecule has 0 radical (unpaired) electrons. The van der Waals surface area contributed by atoms with Gasteiger partial charge < -0.3 is 10.6 Å². The maximum absolute atomic E-state index is 11.4. The maximum atomic E-state index is 11.4. The Labute approximate surface area is 130 Å². The standard InChI is InChI=1S/C17H20N4O/c1-12(22)21-9-7-13(8-10-21)15-3-2-4-16(20-15)14-5-6-17(18)19-11-14/h2-6,11,13H,7-10H2,1H3,(H2,18,19). The molecule has 0 aromatic carbocycles. The van der Waals surface area contributed by atoms with Crippen molar-refractivity contribution in [3.8, 4) is 11.3 Å². The number of aromatic nitrogens is 2. The van der Waals surface area contributed by atoms with Crippen LogP contribution in [0, 0.1) is 0 Å². The molecule has 22 heavy (non-hydrogen) atoms. The summed E-state index contributed by atoms with van der Waals surface area (Å²) in [5, 5.41) is 0. The van der Waals surface area contributed by atoms with E-state index in [0.717, 1.165) is 42.9 Å². The van der Waals surface area contributed by atoms with Gasteiger partial charge in [0.25, 0.3) is 0 Å². The van der Waals surface area contributed by atoms with Gasteiger partial charge in [0.05, 0.1) is 5.69 Å². The summed E-state index contributed by atoms with van der Waals surface area (Å²) in [4.78, 5) is 22.2. The van der Waals surface area contributed by atoms with Crippen LogP contribution in [0.1, 0.15) is 31.4 Å². The zero-order valence-electron chi connectivity index (χ0n) is 12.7. The lowest BCUT2D eigenvalue weighted by Gasteiger charge is -2.31. The molecule has 0 aliphatic carbocycles. The van der Waals surface area contributed by atoms with Crippen LogP contribution in [0.3, 0.4) is 0 Å². The van der Waals surface area contributed by atoms with Crippen molar-refractivity contribution in [1.82, 2.24) is 14.9 Å². The molecular formula is C17H20N4O. The van der Waals surface area contributed by atoms with Crippen LogP contribution in [0.25, 0.3) is 11.3 Å². The van der Waals surface area contributed by atoms with Gasteiger partial charge in [-0.15, -0.1) is 0 Å². The molecule has 5 heteroatoms. The van der Waals surface area contributed by atoms with Gasteiger partial charge in [-0.25, -0.2) is 4.98 Å². The smallest absolute Gasteiger partial charge is 0.219 e. The molecule has 0 bridgehead atoms. The van der Waals surface area contributed by atoms with Crippen LogP contribution < -0.4 is 5.73 Å². The van der Waals surface area contributed by atoms with E-state index in [4.69, 9.17) is 10.7 Å². The second-order valence-electron chi connectivity index (χ2n) is 5.70. The van der Waals surface area contributed by atoms with E-state index in [2.05, 4.69) is 11.1 Å². The number of hydrogen-bond donors (Lipinski definition) is 1. The summed E-state index contributed by atoms with van der Waals surface area (Å²) in [5.41, 5.74) is 8.61.